The lowest BCUT2D eigenvalue weighted by Gasteiger charge is -2.28. The van der Waals surface area contributed by atoms with Crippen molar-refractivity contribution in [1.29, 1.82) is 0 Å². The summed E-state index contributed by atoms with van der Waals surface area (Å²) < 4.78 is 32.3. The highest BCUT2D eigenvalue weighted by Gasteiger charge is 2.35. The maximum atomic E-state index is 12.0. The highest BCUT2D eigenvalue weighted by Crippen LogP contribution is 2.17. The molecular formula is C11H20N2O4S. The first-order valence-electron chi connectivity index (χ1n) is 5.87. The third-order valence-electron chi connectivity index (χ3n) is 2.66. The molecule has 1 N–H and O–H groups in total. The van der Waals surface area contributed by atoms with Crippen LogP contribution in [0.5, 0.6) is 0 Å². The van der Waals surface area contributed by atoms with Gasteiger partial charge in [0.05, 0.1) is 7.11 Å². The van der Waals surface area contributed by atoms with Crippen LogP contribution in [0, 0.1) is 5.92 Å². The van der Waals surface area contributed by atoms with Crippen LogP contribution in [0.1, 0.15) is 20.3 Å². The fourth-order valence-electron chi connectivity index (χ4n) is 1.80. The first-order chi connectivity index (χ1) is 8.38. The first-order valence-corrected chi connectivity index (χ1v) is 7.31. The number of nitrogens with one attached hydrogen (secondary N) is 1. The highest BCUT2D eigenvalue weighted by atomic mass is 32.2. The van der Waals surface area contributed by atoms with E-state index >= 15 is 0 Å². The predicted octanol–water partition coefficient (Wildman–Crippen LogP) is 0.280. The Morgan fingerprint density at radius 1 is 1.44 bits per heavy atom. The fraction of sp³-hybridized carbons (Fsp3) is 0.727. The van der Waals surface area contributed by atoms with Crippen LogP contribution in [0.3, 0.4) is 0 Å². The van der Waals surface area contributed by atoms with Gasteiger partial charge >= 0.3 is 5.97 Å². The molecule has 1 heterocycles. The van der Waals surface area contributed by atoms with Crippen LogP contribution in [0.15, 0.2) is 12.2 Å². The largest absolute Gasteiger partial charge is 0.468 e. The maximum Gasteiger partial charge on any atom is 0.324 e. The minimum absolute atomic E-state index is 0.182. The smallest absolute Gasteiger partial charge is 0.324 e. The minimum atomic E-state index is -3.64. The van der Waals surface area contributed by atoms with Crippen LogP contribution in [-0.4, -0.2) is 44.9 Å². The molecule has 0 aliphatic carbocycles. The van der Waals surface area contributed by atoms with Crippen molar-refractivity contribution < 1.29 is 17.9 Å². The van der Waals surface area contributed by atoms with Gasteiger partial charge in [-0.15, -0.1) is 0 Å². The predicted molar refractivity (Wildman–Crippen MR) is 68.0 cm³/mol. The standard InChI is InChI=1S/C11H20N2O4S/c1-9(2)8-10(11(14)17-3)13-7-5-4-6-12-18(13,15)16/h4-5,9-10,12H,6-8H2,1-3H3/t10-/m0/s1. The van der Waals surface area contributed by atoms with Gasteiger partial charge in [-0.2, -0.15) is 17.4 Å². The van der Waals surface area contributed by atoms with Gasteiger partial charge in [-0.25, -0.2) is 0 Å². The number of carbonyl (C=O) groups excluding carboxylic acids is 1. The summed E-state index contributed by atoms with van der Waals surface area (Å²) in [7, 11) is -2.37. The lowest BCUT2D eigenvalue weighted by atomic mass is 10.0. The molecule has 0 aromatic heterocycles. The lowest BCUT2D eigenvalue weighted by molar-refractivity contribution is -0.145. The van der Waals surface area contributed by atoms with Gasteiger partial charge in [0.15, 0.2) is 0 Å². The third-order valence-corrected chi connectivity index (χ3v) is 4.21. The van der Waals surface area contributed by atoms with Crippen LogP contribution in [-0.2, 0) is 19.7 Å². The van der Waals surface area contributed by atoms with Crippen LogP contribution in [0.2, 0.25) is 0 Å². The maximum absolute atomic E-state index is 12.0. The Morgan fingerprint density at radius 2 is 2.11 bits per heavy atom. The molecule has 104 valence electrons. The van der Waals surface area contributed by atoms with E-state index in [2.05, 4.69) is 4.72 Å². The van der Waals surface area contributed by atoms with Crippen molar-refractivity contribution in [2.45, 2.75) is 26.3 Å². The lowest BCUT2D eigenvalue weighted by Crippen LogP contribution is -2.50. The van der Waals surface area contributed by atoms with Crippen LogP contribution < -0.4 is 4.72 Å². The summed E-state index contributed by atoms with van der Waals surface area (Å²) in [6.45, 7) is 4.30. The number of ether oxygens (including phenoxy) is 1. The van der Waals surface area contributed by atoms with E-state index in [1.807, 2.05) is 13.8 Å². The summed E-state index contributed by atoms with van der Waals surface area (Å²) >= 11 is 0. The molecular weight excluding hydrogens is 256 g/mol. The van der Waals surface area contributed by atoms with Gasteiger partial charge in [0.1, 0.15) is 6.04 Å². The van der Waals surface area contributed by atoms with Gasteiger partial charge in [0.2, 0.25) is 0 Å². The topological polar surface area (TPSA) is 75.7 Å². The molecule has 0 unspecified atom stereocenters. The number of hydrogen-bond donors (Lipinski definition) is 1. The van der Waals surface area contributed by atoms with E-state index in [1.54, 1.807) is 12.2 Å². The van der Waals surface area contributed by atoms with Crippen molar-refractivity contribution in [2.75, 3.05) is 20.2 Å². The molecule has 1 aliphatic heterocycles. The molecule has 0 saturated heterocycles. The van der Waals surface area contributed by atoms with Gasteiger partial charge in [-0.05, 0) is 12.3 Å². The molecule has 7 heteroatoms. The molecule has 0 radical (unpaired) electrons. The van der Waals surface area contributed by atoms with Crippen molar-refractivity contribution in [3.8, 4) is 0 Å². The number of carbonyl (C=O) groups is 1. The number of hydrogen-bond acceptors (Lipinski definition) is 4. The van der Waals surface area contributed by atoms with Gasteiger partial charge in [-0.3, -0.25) is 4.79 Å². The quantitative estimate of drug-likeness (QED) is 0.591. The van der Waals surface area contributed by atoms with E-state index in [1.165, 1.54) is 7.11 Å². The molecule has 0 amide bonds. The van der Waals surface area contributed by atoms with E-state index in [0.29, 0.717) is 6.42 Å². The second-order valence-corrected chi connectivity index (χ2v) is 6.27. The first kappa shape index (κ1) is 15.1. The zero-order valence-corrected chi connectivity index (χ0v) is 11.7. The molecule has 1 rings (SSSR count). The Bertz CT molecular complexity index is 417. The molecule has 0 aromatic carbocycles. The highest BCUT2D eigenvalue weighted by molar-refractivity contribution is 7.87. The zero-order valence-electron chi connectivity index (χ0n) is 10.9. The minimum Gasteiger partial charge on any atom is -0.468 e. The van der Waals surface area contributed by atoms with Crippen LogP contribution in [0.25, 0.3) is 0 Å². The average Bonchev–Trinajstić information content (AvgIpc) is 2.46. The number of rotatable bonds is 4. The van der Waals surface area contributed by atoms with E-state index in [-0.39, 0.29) is 19.0 Å². The van der Waals surface area contributed by atoms with Crippen molar-refractivity contribution in [3.63, 3.8) is 0 Å². The number of esters is 1. The monoisotopic (exact) mass is 276 g/mol. The Hall–Kier alpha value is -0.920. The summed E-state index contributed by atoms with van der Waals surface area (Å²) in [6, 6.07) is -0.782. The Balaban J connectivity index is 3.01. The number of nitrogens with zero attached hydrogens (tertiary/aromatic N) is 1. The molecule has 0 spiro atoms. The summed E-state index contributed by atoms with van der Waals surface area (Å²) in [4.78, 5) is 11.8. The second kappa shape index (κ2) is 6.31. The molecule has 6 nitrogen and oxygen atoms in total. The fourth-order valence-corrected chi connectivity index (χ4v) is 3.07. The SMILES string of the molecule is COC(=O)[C@H](CC(C)C)N1CC=CCNS1(=O)=O. The molecule has 0 saturated carbocycles. The van der Waals surface area contributed by atoms with Gasteiger partial charge < -0.3 is 4.74 Å². The van der Waals surface area contributed by atoms with E-state index < -0.39 is 22.2 Å². The molecule has 1 atom stereocenters. The van der Waals surface area contributed by atoms with Crippen molar-refractivity contribution in [1.82, 2.24) is 9.03 Å². The summed E-state index contributed by atoms with van der Waals surface area (Å²) in [5.74, 6) is -0.332. The van der Waals surface area contributed by atoms with Crippen LogP contribution >= 0.6 is 0 Å². The zero-order chi connectivity index (χ0) is 13.8. The number of methoxy groups -OCH3 is 1. The Labute approximate surface area is 108 Å². The van der Waals surface area contributed by atoms with Gasteiger partial charge in [0, 0.05) is 13.1 Å². The van der Waals surface area contributed by atoms with Crippen molar-refractivity contribution >= 4 is 16.2 Å². The Morgan fingerprint density at radius 3 is 2.67 bits per heavy atom. The second-order valence-electron chi connectivity index (χ2n) is 4.56. The summed E-state index contributed by atoms with van der Waals surface area (Å²) in [6.07, 6.45) is 3.89. The van der Waals surface area contributed by atoms with Crippen molar-refractivity contribution in [3.05, 3.63) is 12.2 Å². The molecule has 0 aromatic rings. The average molecular weight is 276 g/mol. The third kappa shape index (κ3) is 3.79. The van der Waals surface area contributed by atoms with E-state index in [4.69, 9.17) is 4.74 Å². The van der Waals surface area contributed by atoms with Crippen LogP contribution in [0.4, 0.5) is 0 Å². The molecule has 1 aliphatic rings. The molecule has 0 bridgehead atoms. The molecule has 18 heavy (non-hydrogen) atoms. The Kier molecular flexibility index (Phi) is 5.30. The summed E-state index contributed by atoms with van der Waals surface area (Å²) in [5.41, 5.74) is 0. The molecule has 0 fully saturated rings. The van der Waals surface area contributed by atoms with E-state index in [0.717, 1.165) is 4.31 Å². The van der Waals surface area contributed by atoms with E-state index in [9.17, 15) is 13.2 Å². The van der Waals surface area contributed by atoms with Gasteiger partial charge in [0.25, 0.3) is 10.2 Å². The summed E-state index contributed by atoms with van der Waals surface area (Å²) in [5, 5.41) is 0. The van der Waals surface area contributed by atoms with Gasteiger partial charge in [-0.1, -0.05) is 26.0 Å². The van der Waals surface area contributed by atoms with Crippen molar-refractivity contribution in [2.24, 2.45) is 5.92 Å². The normalized spacial score (nSPS) is 21.6.